The van der Waals surface area contributed by atoms with Crippen LogP contribution in [-0.4, -0.2) is 24.1 Å². The maximum absolute atomic E-state index is 5.38. The number of fused-ring (bicyclic) bond motifs is 3. The molecule has 0 radical (unpaired) electrons. The molecule has 13 rings (SSSR count). The van der Waals surface area contributed by atoms with Gasteiger partial charge in [-0.15, -0.1) is 0 Å². The molecule has 3 heterocycles. The van der Waals surface area contributed by atoms with Crippen LogP contribution >= 0.6 is 0 Å². The highest BCUT2D eigenvalue weighted by atomic mass is 15.2. The van der Waals surface area contributed by atoms with E-state index in [1.807, 2.05) is 12.1 Å². The van der Waals surface area contributed by atoms with Gasteiger partial charge in [0.1, 0.15) is 0 Å². The van der Waals surface area contributed by atoms with Crippen LogP contribution in [0.2, 0.25) is 0 Å². The van der Waals surface area contributed by atoms with E-state index in [-0.39, 0.29) is 0 Å². The van der Waals surface area contributed by atoms with E-state index in [2.05, 4.69) is 209 Å². The predicted molar refractivity (Wildman–Crippen MR) is 256 cm³/mol. The van der Waals surface area contributed by atoms with Crippen molar-refractivity contribution in [1.29, 1.82) is 0 Å². The molecule has 0 fully saturated rings. The molecule has 0 spiro atoms. The Morgan fingerprint density at radius 2 is 0.613 bits per heavy atom. The van der Waals surface area contributed by atoms with Crippen molar-refractivity contribution in [1.82, 2.24) is 24.1 Å². The summed E-state index contributed by atoms with van der Waals surface area (Å²) in [6.45, 7) is 0. The van der Waals surface area contributed by atoms with Gasteiger partial charge in [-0.25, -0.2) is 4.98 Å². The molecule has 10 aromatic carbocycles. The van der Waals surface area contributed by atoms with E-state index in [0.717, 1.165) is 55.6 Å². The molecule has 62 heavy (non-hydrogen) atoms. The highest BCUT2D eigenvalue weighted by molar-refractivity contribution is 6.39. The van der Waals surface area contributed by atoms with Gasteiger partial charge in [-0.3, -0.25) is 4.57 Å². The number of benzene rings is 9. The molecule has 0 amide bonds. The maximum atomic E-state index is 5.38. The van der Waals surface area contributed by atoms with Crippen molar-refractivity contribution in [2.24, 2.45) is 0 Å². The van der Waals surface area contributed by atoms with E-state index in [4.69, 9.17) is 15.0 Å². The number of hydrogen-bond acceptors (Lipinski definition) is 3. The predicted octanol–water partition coefficient (Wildman–Crippen LogP) is 14.5. The van der Waals surface area contributed by atoms with Gasteiger partial charge >= 0.3 is 0 Å². The number of rotatable bonds is 6. The van der Waals surface area contributed by atoms with Crippen LogP contribution in [0.5, 0.6) is 0 Å². The average Bonchev–Trinajstić information content (AvgIpc) is 3.88. The fraction of sp³-hybridized carbons (Fsp3) is 0. The molecule has 13 aromatic rings. The lowest BCUT2D eigenvalue weighted by atomic mass is 9.95. The number of nitrogens with zero attached hydrogens (tertiary/aromatic N) is 5. The van der Waals surface area contributed by atoms with Crippen molar-refractivity contribution < 1.29 is 0 Å². The smallest absolute Gasteiger partial charge is 0.238 e. The van der Waals surface area contributed by atoms with Gasteiger partial charge in [0.15, 0.2) is 11.6 Å². The van der Waals surface area contributed by atoms with Gasteiger partial charge in [0.05, 0.1) is 22.1 Å². The first-order chi connectivity index (χ1) is 30.8. The first-order valence-electron chi connectivity index (χ1n) is 21.0. The standard InChI is InChI=1S/C57H35N5/c1-4-14-36(15-5-1)38-26-30-40(31-27-38)55-58-56(41-32-28-39(29-33-41)37-16-6-2-7-17-37)60-57(59-55)62-48-25-13-23-46-44-21-11-10-20-43(44)45-22-12-24-47-51(45)53-49(34-35-50(62)54(53)52(46)48)61(47)42-18-8-3-9-19-42/h1-35H. The average molecular weight is 790 g/mol. The Kier molecular flexibility index (Phi) is 7.54. The molecule has 288 valence electrons. The number of aromatic nitrogens is 5. The molecule has 0 N–H and O–H groups in total. The van der Waals surface area contributed by atoms with E-state index in [9.17, 15) is 0 Å². The largest absolute Gasteiger partial charge is 0.309 e. The molecule has 0 unspecified atom stereocenters. The van der Waals surface area contributed by atoms with Gasteiger partial charge < -0.3 is 4.57 Å². The summed E-state index contributed by atoms with van der Waals surface area (Å²) in [6.07, 6.45) is 0. The summed E-state index contributed by atoms with van der Waals surface area (Å²) in [5, 5.41) is 9.68. The summed E-state index contributed by atoms with van der Waals surface area (Å²) >= 11 is 0. The minimum absolute atomic E-state index is 0.570. The molecular weight excluding hydrogens is 755 g/mol. The SMILES string of the molecule is c1ccc(-c2ccc(-c3nc(-c4ccc(-c5ccccc5)cc4)nc(-n4c5cccc6c7ccccc7c7cccc8c7c7c(c65)c4ccc7n8-c4ccccc4)n3)cc2)cc1. The molecule has 0 atom stereocenters. The van der Waals surface area contributed by atoms with Crippen LogP contribution in [0.25, 0.3) is 122 Å². The Hall–Kier alpha value is -8.41. The fourth-order valence-corrected chi connectivity index (χ4v) is 9.78. The van der Waals surface area contributed by atoms with E-state index in [0.29, 0.717) is 17.6 Å². The van der Waals surface area contributed by atoms with Crippen LogP contribution in [0, 0.1) is 0 Å². The minimum Gasteiger partial charge on any atom is -0.309 e. The first-order valence-corrected chi connectivity index (χ1v) is 21.0. The third-order valence-corrected chi connectivity index (χ3v) is 12.6. The van der Waals surface area contributed by atoms with Crippen LogP contribution in [0.15, 0.2) is 212 Å². The molecule has 5 heteroatoms. The zero-order valence-electron chi connectivity index (χ0n) is 33.4. The van der Waals surface area contributed by atoms with Gasteiger partial charge in [0, 0.05) is 38.4 Å². The third kappa shape index (κ3) is 5.18. The van der Waals surface area contributed by atoms with Gasteiger partial charge in [-0.05, 0) is 80.2 Å². The minimum atomic E-state index is 0.570. The number of para-hydroxylation sites is 1. The lowest BCUT2D eigenvalue weighted by Gasteiger charge is -2.12. The lowest BCUT2D eigenvalue weighted by Crippen LogP contribution is -2.06. The zero-order valence-corrected chi connectivity index (χ0v) is 33.4. The van der Waals surface area contributed by atoms with E-state index in [1.54, 1.807) is 0 Å². The number of hydrogen-bond donors (Lipinski definition) is 0. The summed E-state index contributed by atoms with van der Waals surface area (Å²) in [5.41, 5.74) is 12.0. The van der Waals surface area contributed by atoms with Crippen LogP contribution < -0.4 is 0 Å². The Balaban J connectivity index is 1.13. The third-order valence-electron chi connectivity index (χ3n) is 12.6. The summed E-state index contributed by atoms with van der Waals surface area (Å²) < 4.78 is 4.69. The topological polar surface area (TPSA) is 48.5 Å². The Morgan fingerprint density at radius 1 is 0.242 bits per heavy atom. The quantitative estimate of drug-likeness (QED) is 0.169. The highest BCUT2D eigenvalue weighted by Gasteiger charge is 2.25. The van der Waals surface area contributed by atoms with Crippen LogP contribution in [0.4, 0.5) is 0 Å². The second kappa shape index (κ2) is 13.6. The second-order valence-electron chi connectivity index (χ2n) is 16.0. The Labute approximate surface area is 356 Å². The fourth-order valence-electron chi connectivity index (χ4n) is 9.78. The van der Waals surface area contributed by atoms with Gasteiger partial charge in [-0.1, -0.05) is 176 Å². The summed E-state index contributed by atoms with van der Waals surface area (Å²) in [5.74, 6) is 1.79. The summed E-state index contributed by atoms with van der Waals surface area (Å²) in [7, 11) is 0. The molecule has 5 nitrogen and oxygen atoms in total. The van der Waals surface area contributed by atoms with Gasteiger partial charge in [0.25, 0.3) is 0 Å². The van der Waals surface area contributed by atoms with Crippen molar-refractivity contribution in [3.05, 3.63) is 212 Å². The van der Waals surface area contributed by atoms with Crippen molar-refractivity contribution in [2.45, 2.75) is 0 Å². The van der Waals surface area contributed by atoms with Crippen LogP contribution in [0.3, 0.4) is 0 Å². The van der Waals surface area contributed by atoms with Gasteiger partial charge in [0.2, 0.25) is 5.95 Å². The first kappa shape index (κ1) is 34.5. The Morgan fingerprint density at radius 3 is 1.11 bits per heavy atom. The second-order valence-corrected chi connectivity index (χ2v) is 16.0. The molecule has 0 aliphatic rings. The van der Waals surface area contributed by atoms with Crippen LogP contribution in [0.1, 0.15) is 0 Å². The van der Waals surface area contributed by atoms with Crippen molar-refractivity contribution in [3.8, 4) is 56.7 Å². The van der Waals surface area contributed by atoms with Gasteiger partial charge in [-0.2, -0.15) is 9.97 Å². The Bertz CT molecular complexity index is 3710. The summed E-state index contributed by atoms with van der Waals surface area (Å²) in [4.78, 5) is 16.0. The van der Waals surface area contributed by atoms with Crippen molar-refractivity contribution >= 4 is 65.2 Å². The molecule has 0 saturated carbocycles. The molecule has 0 saturated heterocycles. The van der Waals surface area contributed by atoms with Crippen molar-refractivity contribution in [3.63, 3.8) is 0 Å². The normalized spacial score (nSPS) is 11.9. The molecule has 0 aliphatic heterocycles. The maximum Gasteiger partial charge on any atom is 0.238 e. The lowest BCUT2D eigenvalue weighted by molar-refractivity contribution is 0.954. The summed E-state index contributed by atoms with van der Waals surface area (Å²) in [6, 6.07) is 75.5. The van der Waals surface area contributed by atoms with Crippen molar-refractivity contribution in [2.75, 3.05) is 0 Å². The molecule has 0 bridgehead atoms. The molecule has 3 aromatic heterocycles. The molecular formula is C57H35N5. The van der Waals surface area contributed by atoms with E-state index < -0.39 is 0 Å². The zero-order chi connectivity index (χ0) is 40.7. The monoisotopic (exact) mass is 789 g/mol. The highest BCUT2D eigenvalue weighted by Crippen LogP contribution is 2.47. The van der Waals surface area contributed by atoms with Crippen LogP contribution in [-0.2, 0) is 0 Å². The molecule has 0 aliphatic carbocycles. The van der Waals surface area contributed by atoms with E-state index in [1.165, 1.54) is 48.6 Å². The van der Waals surface area contributed by atoms with E-state index >= 15 is 0 Å².